The van der Waals surface area contributed by atoms with E-state index < -0.39 is 5.41 Å². The molecule has 0 amide bonds. The number of hydrogen-bond acceptors (Lipinski definition) is 4. The molecule has 0 saturated carbocycles. The van der Waals surface area contributed by atoms with Crippen LogP contribution in [0.25, 0.3) is 22.2 Å². The minimum atomic E-state index is -0.597. The zero-order valence-electron chi connectivity index (χ0n) is 26.7. The molecule has 0 atom stereocenters. The maximum Gasteiger partial charge on any atom is 0.141 e. The maximum atomic E-state index is 10.7. The molecule has 4 heteroatoms. The molecule has 0 radical (unpaired) electrons. The molecule has 8 rings (SSSR count). The minimum Gasteiger partial charge on any atom is -0.506 e. The Bertz CT molecular complexity index is 2210. The lowest BCUT2D eigenvalue weighted by molar-refractivity contribution is 0.480. The van der Waals surface area contributed by atoms with E-state index >= 15 is 0 Å². The van der Waals surface area contributed by atoms with Crippen LogP contribution in [0, 0.1) is 0 Å². The Balaban J connectivity index is 1.48. The number of anilines is 3. The summed E-state index contributed by atoms with van der Waals surface area (Å²) in [5.74, 6) is 1.04. The lowest BCUT2D eigenvalue weighted by Gasteiger charge is -2.46. The van der Waals surface area contributed by atoms with Crippen molar-refractivity contribution < 1.29 is 5.11 Å². The van der Waals surface area contributed by atoms with Crippen molar-refractivity contribution in [2.75, 3.05) is 4.90 Å². The summed E-state index contributed by atoms with van der Waals surface area (Å²) < 4.78 is 0. The van der Waals surface area contributed by atoms with Crippen molar-refractivity contribution in [1.29, 1.82) is 0 Å². The number of benzene rings is 5. The molecule has 0 aliphatic carbocycles. The number of aromatic nitrogens is 2. The van der Waals surface area contributed by atoms with Crippen molar-refractivity contribution in [3.8, 4) is 17.0 Å². The molecule has 0 saturated heterocycles. The fourth-order valence-corrected chi connectivity index (χ4v) is 7.16. The number of pyridine rings is 2. The van der Waals surface area contributed by atoms with Gasteiger partial charge in [-0.15, -0.1) is 0 Å². The average Bonchev–Trinajstić information content (AvgIpc) is 3.11. The van der Waals surface area contributed by atoms with Crippen LogP contribution in [-0.4, -0.2) is 15.1 Å². The van der Waals surface area contributed by atoms with Gasteiger partial charge in [0, 0.05) is 17.1 Å². The van der Waals surface area contributed by atoms with E-state index in [0.29, 0.717) is 5.52 Å². The molecule has 0 bridgehead atoms. The number of nitrogens with zero attached hydrogens (tertiary/aromatic N) is 3. The lowest BCUT2D eigenvalue weighted by atomic mass is 9.62. The first-order chi connectivity index (χ1) is 22.9. The van der Waals surface area contributed by atoms with Gasteiger partial charge in [0.05, 0.1) is 22.5 Å². The van der Waals surface area contributed by atoms with E-state index in [2.05, 4.69) is 141 Å². The van der Waals surface area contributed by atoms with Gasteiger partial charge in [-0.2, -0.15) is 0 Å². The van der Waals surface area contributed by atoms with Gasteiger partial charge in [0.1, 0.15) is 17.1 Å². The van der Waals surface area contributed by atoms with E-state index in [9.17, 15) is 5.11 Å². The zero-order chi connectivity index (χ0) is 32.2. The average molecular weight is 610 g/mol. The van der Waals surface area contributed by atoms with Gasteiger partial charge in [-0.1, -0.05) is 130 Å². The summed E-state index contributed by atoms with van der Waals surface area (Å²) in [5.41, 5.74) is 9.75. The van der Waals surface area contributed by atoms with Gasteiger partial charge < -0.3 is 5.11 Å². The van der Waals surface area contributed by atoms with E-state index in [1.807, 2.05) is 30.5 Å². The van der Waals surface area contributed by atoms with Crippen molar-refractivity contribution in [3.05, 3.63) is 180 Å². The molecule has 5 aromatic carbocycles. The second-order valence-corrected chi connectivity index (χ2v) is 13.3. The fraction of sp³-hybridized carbons (Fsp3) is 0.116. The van der Waals surface area contributed by atoms with Gasteiger partial charge in [-0.3, -0.25) is 4.90 Å². The summed E-state index contributed by atoms with van der Waals surface area (Å²) in [6.07, 6.45) is 1.92. The standard InChI is InChI=1S/C43H35N3O/c1-42(2,3)33-25-26-44-40(28-33)46-37-19-11-10-18-34(37)43(31-14-6-4-7-15-31,32-16-8-5-9-17-32)35-23-21-30(27-38(35)46)36-24-22-29-13-12-20-39(47)41(29)45-36/h4-28,47H,1-3H3. The van der Waals surface area contributed by atoms with Crippen LogP contribution in [0.1, 0.15) is 48.6 Å². The normalized spacial score (nSPS) is 13.6. The molecule has 7 aromatic rings. The van der Waals surface area contributed by atoms with Crippen LogP contribution in [-0.2, 0) is 10.8 Å². The Kier molecular flexibility index (Phi) is 6.69. The highest BCUT2D eigenvalue weighted by Gasteiger charge is 2.46. The van der Waals surface area contributed by atoms with E-state index in [0.717, 1.165) is 39.4 Å². The van der Waals surface area contributed by atoms with Crippen LogP contribution in [0.5, 0.6) is 5.75 Å². The quantitative estimate of drug-likeness (QED) is 0.216. The molecule has 2 aromatic heterocycles. The van der Waals surface area contributed by atoms with Crippen LogP contribution >= 0.6 is 0 Å². The summed E-state index contributed by atoms with van der Waals surface area (Å²) >= 11 is 0. The van der Waals surface area contributed by atoms with Gasteiger partial charge in [-0.05, 0) is 69.6 Å². The molecule has 0 spiro atoms. The highest BCUT2D eigenvalue weighted by atomic mass is 16.3. The van der Waals surface area contributed by atoms with Gasteiger partial charge >= 0.3 is 0 Å². The van der Waals surface area contributed by atoms with E-state index in [1.54, 1.807) is 6.07 Å². The Morgan fingerprint density at radius 1 is 0.617 bits per heavy atom. The van der Waals surface area contributed by atoms with Crippen molar-refractivity contribution in [3.63, 3.8) is 0 Å². The highest BCUT2D eigenvalue weighted by molar-refractivity contribution is 5.91. The number of para-hydroxylation sites is 2. The number of hydrogen-bond donors (Lipinski definition) is 1. The molecule has 4 nitrogen and oxygen atoms in total. The van der Waals surface area contributed by atoms with Gasteiger partial charge in [0.15, 0.2) is 0 Å². The van der Waals surface area contributed by atoms with E-state index in [1.165, 1.54) is 22.3 Å². The number of fused-ring (bicyclic) bond motifs is 3. The monoisotopic (exact) mass is 609 g/mol. The molecule has 0 unspecified atom stereocenters. The maximum absolute atomic E-state index is 10.7. The molecule has 3 heterocycles. The molecule has 47 heavy (non-hydrogen) atoms. The largest absolute Gasteiger partial charge is 0.506 e. The fourth-order valence-electron chi connectivity index (χ4n) is 7.16. The summed E-state index contributed by atoms with van der Waals surface area (Å²) in [6.45, 7) is 6.71. The first-order valence-electron chi connectivity index (χ1n) is 16.1. The van der Waals surface area contributed by atoms with Crippen LogP contribution in [0.2, 0.25) is 0 Å². The molecular weight excluding hydrogens is 574 g/mol. The third kappa shape index (κ3) is 4.59. The van der Waals surface area contributed by atoms with Crippen molar-refractivity contribution in [2.45, 2.75) is 31.6 Å². The number of rotatable bonds is 4. The molecule has 1 aliphatic rings. The third-order valence-electron chi connectivity index (χ3n) is 9.44. The molecule has 228 valence electrons. The predicted molar refractivity (Wildman–Crippen MR) is 192 cm³/mol. The van der Waals surface area contributed by atoms with Gasteiger partial charge in [-0.25, -0.2) is 9.97 Å². The van der Waals surface area contributed by atoms with E-state index in [4.69, 9.17) is 9.97 Å². The Morgan fingerprint density at radius 3 is 2.02 bits per heavy atom. The number of phenolic OH excluding ortho intramolecular Hbond substituents is 1. The Morgan fingerprint density at radius 2 is 1.30 bits per heavy atom. The van der Waals surface area contributed by atoms with Gasteiger partial charge in [0.2, 0.25) is 0 Å². The third-order valence-corrected chi connectivity index (χ3v) is 9.44. The topological polar surface area (TPSA) is 49.2 Å². The molecule has 1 aliphatic heterocycles. The summed E-state index contributed by atoms with van der Waals surface area (Å²) in [5, 5.41) is 11.6. The molecule has 1 N–H and O–H groups in total. The van der Waals surface area contributed by atoms with Crippen LogP contribution in [0.3, 0.4) is 0 Å². The first kappa shape index (κ1) is 28.7. The van der Waals surface area contributed by atoms with E-state index in [-0.39, 0.29) is 11.2 Å². The second-order valence-electron chi connectivity index (χ2n) is 13.3. The van der Waals surface area contributed by atoms with Crippen molar-refractivity contribution in [2.24, 2.45) is 0 Å². The van der Waals surface area contributed by atoms with Crippen molar-refractivity contribution in [1.82, 2.24) is 9.97 Å². The number of aromatic hydroxyl groups is 1. The second kappa shape index (κ2) is 11.0. The minimum absolute atomic E-state index is 0.0491. The van der Waals surface area contributed by atoms with Crippen LogP contribution in [0.4, 0.5) is 17.2 Å². The van der Waals surface area contributed by atoms with Gasteiger partial charge in [0.25, 0.3) is 0 Å². The highest BCUT2D eigenvalue weighted by Crippen LogP contribution is 2.58. The summed E-state index contributed by atoms with van der Waals surface area (Å²) in [7, 11) is 0. The first-order valence-corrected chi connectivity index (χ1v) is 16.1. The molecular formula is C43H35N3O. The Labute approximate surface area is 275 Å². The smallest absolute Gasteiger partial charge is 0.141 e. The Hall–Kier alpha value is -5.74. The molecule has 0 fully saturated rings. The SMILES string of the molecule is CC(C)(C)c1ccnc(N2c3ccccc3C(c3ccccc3)(c3ccccc3)c3ccc(-c4ccc5cccc(O)c5n4)cc32)c1. The summed E-state index contributed by atoms with van der Waals surface area (Å²) in [4.78, 5) is 12.3. The zero-order valence-corrected chi connectivity index (χ0v) is 26.7. The lowest BCUT2D eigenvalue weighted by Crippen LogP contribution is -2.38. The predicted octanol–water partition coefficient (Wildman–Crippen LogP) is 10.5. The summed E-state index contributed by atoms with van der Waals surface area (Å²) in [6, 6.07) is 50.9. The van der Waals surface area contributed by atoms with Crippen LogP contribution < -0.4 is 4.90 Å². The van der Waals surface area contributed by atoms with Crippen LogP contribution in [0.15, 0.2) is 152 Å². The van der Waals surface area contributed by atoms with Crippen molar-refractivity contribution >= 4 is 28.1 Å². The number of phenols is 1.